The van der Waals surface area contributed by atoms with Crippen molar-refractivity contribution in [2.75, 3.05) is 0 Å². The molecular weight excluding hydrogens is 262 g/mol. The quantitative estimate of drug-likeness (QED) is 0.555. The molecule has 2 N–H and O–H groups in total. The molecule has 1 aromatic carbocycles. The van der Waals surface area contributed by atoms with E-state index in [2.05, 4.69) is 0 Å². The third kappa shape index (κ3) is 12.7. The fourth-order valence-corrected chi connectivity index (χ4v) is 0.711. The van der Waals surface area contributed by atoms with Gasteiger partial charge in [-0.05, 0) is 12.1 Å². The first-order valence-electron chi connectivity index (χ1n) is 2.90. The second-order valence-electron chi connectivity index (χ2n) is 1.86. The SMILES string of the molecule is Clc1ccccc1Cl.O=S(=O)(O)O.[NaH]. The molecule has 1 rings (SSSR count). The maximum atomic E-state index is 8.74. The van der Waals surface area contributed by atoms with Crippen LogP contribution >= 0.6 is 23.2 Å². The van der Waals surface area contributed by atoms with Gasteiger partial charge in [-0.15, -0.1) is 0 Å². The van der Waals surface area contributed by atoms with E-state index < -0.39 is 10.4 Å². The van der Waals surface area contributed by atoms with Crippen molar-refractivity contribution in [3.05, 3.63) is 34.3 Å². The second kappa shape index (κ2) is 7.90. The van der Waals surface area contributed by atoms with Crippen LogP contribution in [0.2, 0.25) is 10.0 Å². The summed E-state index contributed by atoms with van der Waals surface area (Å²) in [6.07, 6.45) is 0. The molecule has 1 aromatic rings. The second-order valence-corrected chi connectivity index (χ2v) is 3.57. The molecular formula is C6H7Cl2NaO4S. The number of halogens is 2. The van der Waals surface area contributed by atoms with Gasteiger partial charge in [0.15, 0.2) is 0 Å². The molecule has 0 unspecified atom stereocenters. The topological polar surface area (TPSA) is 74.6 Å². The zero-order valence-electron chi connectivity index (χ0n) is 6.18. The van der Waals surface area contributed by atoms with Crippen molar-refractivity contribution >= 4 is 63.2 Å². The van der Waals surface area contributed by atoms with Gasteiger partial charge < -0.3 is 0 Å². The monoisotopic (exact) mass is 268 g/mol. The zero-order valence-corrected chi connectivity index (χ0v) is 8.51. The van der Waals surface area contributed by atoms with Gasteiger partial charge in [0.2, 0.25) is 0 Å². The molecule has 4 nitrogen and oxygen atoms in total. The molecule has 14 heavy (non-hydrogen) atoms. The molecule has 76 valence electrons. The Morgan fingerprint density at radius 1 is 1.00 bits per heavy atom. The molecule has 0 aromatic heterocycles. The first-order valence-corrected chi connectivity index (χ1v) is 5.06. The molecule has 0 spiro atoms. The van der Waals surface area contributed by atoms with Gasteiger partial charge in [-0.25, -0.2) is 0 Å². The Morgan fingerprint density at radius 3 is 1.36 bits per heavy atom. The summed E-state index contributed by atoms with van der Waals surface area (Å²) in [7, 11) is -4.67. The molecule has 0 aliphatic heterocycles. The van der Waals surface area contributed by atoms with Crippen LogP contribution in [0.25, 0.3) is 0 Å². The van der Waals surface area contributed by atoms with Gasteiger partial charge in [0.25, 0.3) is 0 Å². The summed E-state index contributed by atoms with van der Waals surface area (Å²) >= 11 is 11.2. The van der Waals surface area contributed by atoms with E-state index in [-0.39, 0.29) is 29.6 Å². The number of hydrogen-bond acceptors (Lipinski definition) is 2. The molecule has 0 saturated heterocycles. The first kappa shape index (κ1) is 17.1. The van der Waals surface area contributed by atoms with Crippen molar-refractivity contribution in [2.45, 2.75) is 0 Å². The van der Waals surface area contributed by atoms with Crippen LogP contribution in [0.15, 0.2) is 24.3 Å². The average Bonchev–Trinajstić information content (AvgIpc) is 1.92. The van der Waals surface area contributed by atoms with E-state index in [9.17, 15) is 0 Å². The van der Waals surface area contributed by atoms with Gasteiger partial charge in [0.05, 0.1) is 10.0 Å². The summed E-state index contributed by atoms with van der Waals surface area (Å²) in [6, 6.07) is 7.19. The van der Waals surface area contributed by atoms with E-state index in [0.717, 1.165) is 0 Å². The van der Waals surface area contributed by atoms with Crippen LogP contribution < -0.4 is 0 Å². The Balaban J connectivity index is 0. The van der Waals surface area contributed by atoms with Crippen molar-refractivity contribution in [3.8, 4) is 0 Å². The molecule has 0 fully saturated rings. The standard InChI is InChI=1S/C6H4Cl2.Na.H2O4S.H/c7-5-3-1-2-4-6(5)8;;1-5(2,3)4;/h1-4H;;(H2,1,2,3,4);. The summed E-state index contributed by atoms with van der Waals surface area (Å²) in [6.45, 7) is 0. The van der Waals surface area contributed by atoms with Gasteiger partial charge >= 0.3 is 40.0 Å². The van der Waals surface area contributed by atoms with Gasteiger partial charge in [-0.1, -0.05) is 35.3 Å². The van der Waals surface area contributed by atoms with Crippen LogP contribution in [0.5, 0.6) is 0 Å². The predicted molar refractivity (Wildman–Crippen MR) is 57.8 cm³/mol. The summed E-state index contributed by atoms with van der Waals surface area (Å²) in [5, 5.41) is 1.21. The van der Waals surface area contributed by atoms with Crippen LogP contribution in [0, 0.1) is 0 Å². The summed E-state index contributed by atoms with van der Waals surface area (Å²) < 4.78 is 31.6. The fourth-order valence-electron chi connectivity index (χ4n) is 0.439. The molecule has 0 saturated carbocycles. The minimum absolute atomic E-state index is 0. The Labute approximate surface area is 114 Å². The van der Waals surface area contributed by atoms with Crippen LogP contribution in [0.4, 0.5) is 0 Å². The van der Waals surface area contributed by atoms with E-state index in [1.807, 2.05) is 12.1 Å². The maximum absolute atomic E-state index is 8.74. The predicted octanol–water partition coefficient (Wildman–Crippen LogP) is 1.69. The minimum atomic E-state index is -4.67. The molecule has 0 aliphatic rings. The Kier molecular flexibility index (Phi) is 9.63. The average molecular weight is 269 g/mol. The molecule has 0 amide bonds. The molecule has 0 bridgehead atoms. The molecule has 0 atom stereocenters. The van der Waals surface area contributed by atoms with Crippen LogP contribution in [0.1, 0.15) is 0 Å². The van der Waals surface area contributed by atoms with Gasteiger partial charge in [-0.3, -0.25) is 9.11 Å². The fraction of sp³-hybridized carbons (Fsp3) is 0. The van der Waals surface area contributed by atoms with Crippen LogP contribution in [-0.2, 0) is 10.4 Å². The zero-order chi connectivity index (χ0) is 10.5. The summed E-state index contributed by atoms with van der Waals surface area (Å²) in [5.74, 6) is 0. The van der Waals surface area contributed by atoms with Crippen molar-refractivity contribution < 1.29 is 17.5 Å². The van der Waals surface area contributed by atoms with E-state index in [0.29, 0.717) is 10.0 Å². The van der Waals surface area contributed by atoms with Gasteiger partial charge in [-0.2, -0.15) is 8.42 Å². The van der Waals surface area contributed by atoms with Gasteiger partial charge in [0.1, 0.15) is 0 Å². The van der Waals surface area contributed by atoms with Crippen molar-refractivity contribution in [3.63, 3.8) is 0 Å². The number of rotatable bonds is 0. The Morgan fingerprint density at radius 2 is 1.21 bits per heavy atom. The summed E-state index contributed by atoms with van der Waals surface area (Å²) in [5.41, 5.74) is 0. The van der Waals surface area contributed by atoms with Crippen LogP contribution in [0.3, 0.4) is 0 Å². The first-order chi connectivity index (χ1) is 5.80. The molecule has 0 heterocycles. The number of benzene rings is 1. The van der Waals surface area contributed by atoms with Crippen molar-refractivity contribution in [1.82, 2.24) is 0 Å². The Hall–Kier alpha value is 0.670. The van der Waals surface area contributed by atoms with Crippen molar-refractivity contribution in [1.29, 1.82) is 0 Å². The van der Waals surface area contributed by atoms with Crippen molar-refractivity contribution in [2.24, 2.45) is 0 Å². The third-order valence-electron chi connectivity index (χ3n) is 0.824. The Bertz CT molecular complexity index is 339. The van der Waals surface area contributed by atoms with E-state index in [1.165, 1.54) is 0 Å². The third-order valence-corrected chi connectivity index (χ3v) is 1.58. The van der Waals surface area contributed by atoms with Gasteiger partial charge in [0, 0.05) is 0 Å². The van der Waals surface area contributed by atoms with E-state index in [4.69, 9.17) is 40.7 Å². The molecule has 0 radical (unpaired) electrons. The molecule has 0 aliphatic carbocycles. The van der Waals surface area contributed by atoms with Crippen LogP contribution in [-0.4, -0.2) is 47.1 Å². The number of hydrogen-bond donors (Lipinski definition) is 2. The summed E-state index contributed by atoms with van der Waals surface area (Å²) in [4.78, 5) is 0. The van der Waals surface area contributed by atoms with E-state index in [1.54, 1.807) is 12.1 Å². The van der Waals surface area contributed by atoms with E-state index >= 15 is 0 Å². The normalized spacial score (nSPS) is 9.43. The molecule has 8 heteroatoms.